The van der Waals surface area contributed by atoms with E-state index in [4.69, 9.17) is 16.3 Å². The van der Waals surface area contributed by atoms with Crippen molar-refractivity contribution < 1.29 is 9.53 Å². The third kappa shape index (κ3) is 3.72. The van der Waals surface area contributed by atoms with Crippen molar-refractivity contribution in [3.05, 3.63) is 53.6 Å². The van der Waals surface area contributed by atoms with Gasteiger partial charge in [0.25, 0.3) is 5.91 Å². The number of ether oxygens (including phenoxy) is 1. The first-order valence-electron chi connectivity index (χ1n) is 8.25. The zero-order valence-electron chi connectivity index (χ0n) is 15.0. The van der Waals surface area contributed by atoms with Gasteiger partial charge in [-0.15, -0.1) is 10.2 Å². The van der Waals surface area contributed by atoms with E-state index in [1.807, 2.05) is 18.2 Å². The maximum atomic E-state index is 12.6. The Hall–Kier alpha value is -2.88. The fourth-order valence-corrected chi connectivity index (χ4v) is 3.75. The van der Waals surface area contributed by atoms with Gasteiger partial charge in [0.05, 0.1) is 16.6 Å². The molecule has 0 saturated carbocycles. The average molecular weight is 415 g/mol. The minimum absolute atomic E-state index is 0.308. The minimum atomic E-state index is -0.762. The number of aryl methyl sites for hydroxylation is 1. The molecule has 0 saturated heterocycles. The molecule has 0 spiro atoms. The van der Waals surface area contributed by atoms with Crippen LogP contribution in [0, 0.1) is 0 Å². The summed E-state index contributed by atoms with van der Waals surface area (Å²) in [6.07, 6.45) is 4.29. The van der Waals surface area contributed by atoms with Gasteiger partial charge in [-0.25, -0.2) is 4.98 Å². The first-order valence-corrected chi connectivity index (χ1v) is 9.44. The quantitative estimate of drug-likeness (QED) is 0.537. The Kier molecular flexibility index (Phi) is 5.03. The molecule has 10 heteroatoms. The zero-order valence-corrected chi connectivity index (χ0v) is 16.5. The van der Waals surface area contributed by atoms with Crippen LogP contribution in [0.3, 0.4) is 0 Å². The summed E-state index contributed by atoms with van der Waals surface area (Å²) in [5.74, 6) is -0.308. The van der Waals surface area contributed by atoms with Crippen LogP contribution in [0.15, 0.2) is 42.9 Å². The maximum Gasteiger partial charge on any atom is 0.260 e. The Bertz CT molecular complexity index is 1160. The Morgan fingerprint density at radius 3 is 2.89 bits per heavy atom. The number of rotatable bonds is 5. The molecule has 0 aliphatic carbocycles. The molecule has 1 atom stereocenters. The molecule has 1 aromatic carbocycles. The molecule has 0 radical (unpaired) electrons. The highest BCUT2D eigenvalue weighted by Crippen LogP contribution is 2.31. The van der Waals surface area contributed by atoms with Crippen LogP contribution in [0.4, 0.5) is 5.13 Å². The van der Waals surface area contributed by atoms with Gasteiger partial charge in [-0.2, -0.15) is 5.10 Å². The number of carbonyl (C=O) groups is 1. The van der Waals surface area contributed by atoms with Crippen molar-refractivity contribution in [1.82, 2.24) is 25.0 Å². The van der Waals surface area contributed by atoms with Gasteiger partial charge in [-0.3, -0.25) is 14.8 Å². The first kappa shape index (κ1) is 18.5. The third-order valence-corrected chi connectivity index (χ3v) is 5.22. The number of nitrogens with zero attached hydrogens (tertiary/aromatic N) is 5. The summed E-state index contributed by atoms with van der Waals surface area (Å²) in [7, 11) is 3.26. The van der Waals surface area contributed by atoms with Gasteiger partial charge in [0.15, 0.2) is 16.4 Å². The SMILES string of the molecule is COC(C(=O)Nc1ncc(-c2ccc3nnc(Cl)cc3c2)s1)c1cnn(C)c1. The van der Waals surface area contributed by atoms with Crippen molar-refractivity contribution in [3.63, 3.8) is 0 Å². The summed E-state index contributed by atoms with van der Waals surface area (Å²) in [5.41, 5.74) is 2.38. The smallest absolute Gasteiger partial charge is 0.260 e. The number of aromatic nitrogens is 5. The van der Waals surface area contributed by atoms with Crippen LogP contribution in [0.5, 0.6) is 0 Å². The molecule has 142 valence electrons. The van der Waals surface area contributed by atoms with E-state index in [1.54, 1.807) is 36.4 Å². The molecule has 3 aromatic heterocycles. The molecule has 0 fully saturated rings. The van der Waals surface area contributed by atoms with Crippen LogP contribution in [0.25, 0.3) is 21.3 Å². The van der Waals surface area contributed by atoms with Crippen LogP contribution >= 0.6 is 22.9 Å². The van der Waals surface area contributed by atoms with E-state index >= 15 is 0 Å². The van der Waals surface area contributed by atoms with E-state index in [2.05, 4.69) is 25.6 Å². The molecule has 1 N–H and O–H groups in total. The molecule has 1 amide bonds. The molecule has 4 rings (SSSR count). The van der Waals surface area contributed by atoms with Crippen LogP contribution in [0.2, 0.25) is 5.15 Å². The predicted octanol–water partition coefficient (Wildman–Crippen LogP) is 3.47. The van der Waals surface area contributed by atoms with Gasteiger partial charge in [-0.05, 0) is 23.8 Å². The number of hydrogen-bond donors (Lipinski definition) is 1. The van der Waals surface area contributed by atoms with Crippen LogP contribution in [-0.2, 0) is 16.6 Å². The highest BCUT2D eigenvalue weighted by molar-refractivity contribution is 7.19. The van der Waals surface area contributed by atoms with E-state index in [0.717, 1.165) is 21.3 Å². The fourth-order valence-electron chi connectivity index (χ4n) is 2.78. The number of benzene rings is 1. The molecular formula is C18H15ClN6O2S. The van der Waals surface area contributed by atoms with Crippen molar-refractivity contribution in [2.24, 2.45) is 7.05 Å². The Labute approximate surface area is 169 Å². The minimum Gasteiger partial charge on any atom is -0.367 e. The largest absolute Gasteiger partial charge is 0.367 e. The maximum absolute atomic E-state index is 12.6. The van der Waals surface area contributed by atoms with Crippen LogP contribution < -0.4 is 5.32 Å². The molecule has 28 heavy (non-hydrogen) atoms. The van der Waals surface area contributed by atoms with Crippen molar-refractivity contribution in [1.29, 1.82) is 0 Å². The van der Waals surface area contributed by atoms with Gasteiger partial charge < -0.3 is 4.74 Å². The van der Waals surface area contributed by atoms with E-state index in [1.165, 1.54) is 18.4 Å². The molecular weight excluding hydrogens is 400 g/mol. The van der Waals surface area contributed by atoms with Gasteiger partial charge in [-0.1, -0.05) is 29.0 Å². The molecule has 0 aliphatic heterocycles. The molecule has 1 unspecified atom stereocenters. The van der Waals surface area contributed by atoms with Crippen LogP contribution in [0.1, 0.15) is 11.7 Å². The van der Waals surface area contributed by atoms with Crippen molar-refractivity contribution >= 4 is 44.9 Å². The third-order valence-electron chi connectivity index (χ3n) is 4.08. The van der Waals surface area contributed by atoms with Crippen molar-refractivity contribution in [3.8, 4) is 10.4 Å². The first-order chi connectivity index (χ1) is 13.5. The molecule has 0 bridgehead atoms. The second-order valence-electron chi connectivity index (χ2n) is 6.02. The number of methoxy groups -OCH3 is 1. The summed E-state index contributed by atoms with van der Waals surface area (Å²) in [6.45, 7) is 0. The normalized spacial score (nSPS) is 12.2. The lowest BCUT2D eigenvalue weighted by Crippen LogP contribution is -2.22. The number of fused-ring (bicyclic) bond motifs is 1. The highest BCUT2D eigenvalue weighted by atomic mass is 35.5. The van der Waals surface area contributed by atoms with E-state index in [0.29, 0.717) is 15.8 Å². The summed E-state index contributed by atoms with van der Waals surface area (Å²) >= 11 is 7.29. The number of thiazole rings is 1. The van der Waals surface area contributed by atoms with Crippen molar-refractivity contribution in [2.45, 2.75) is 6.10 Å². The Balaban J connectivity index is 1.55. The Morgan fingerprint density at radius 2 is 2.14 bits per heavy atom. The lowest BCUT2D eigenvalue weighted by molar-refractivity contribution is -0.126. The predicted molar refractivity (Wildman–Crippen MR) is 107 cm³/mol. The van der Waals surface area contributed by atoms with E-state index < -0.39 is 6.10 Å². The van der Waals surface area contributed by atoms with E-state index in [-0.39, 0.29) is 5.91 Å². The second kappa shape index (κ2) is 7.63. The topological polar surface area (TPSA) is 94.8 Å². The number of nitrogens with one attached hydrogen (secondary N) is 1. The van der Waals surface area contributed by atoms with Gasteiger partial charge in [0, 0.05) is 37.5 Å². The Morgan fingerprint density at radius 1 is 1.29 bits per heavy atom. The number of carbonyl (C=O) groups excluding carboxylic acids is 1. The number of halogens is 1. The molecule has 3 heterocycles. The standard InChI is InChI=1S/C18H15ClN6O2S/c1-25-9-12(7-21-25)16(27-2)17(26)22-18-20-8-14(28-18)10-3-4-13-11(5-10)6-15(19)24-23-13/h3-9,16H,1-2H3,(H,20,22,26). The number of hydrogen-bond acceptors (Lipinski definition) is 7. The van der Waals surface area contributed by atoms with Crippen molar-refractivity contribution in [2.75, 3.05) is 12.4 Å². The summed E-state index contributed by atoms with van der Waals surface area (Å²) in [6, 6.07) is 7.52. The van der Waals surface area contributed by atoms with E-state index in [9.17, 15) is 4.79 Å². The molecule has 8 nitrogen and oxygen atoms in total. The summed E-state index contributed by atoms with van der Waals surface area (Å²) in [4.78, 5) is 17.8. The van der Waals surface area contributed by atoms with Crippen LogP contribution in [-0.4, -0.2) is 38.0 Å². The summed E-state index contributed by atoms with van der Waals surface area (Å²) < 4.78 is 6.94. The monoisotopic (exact) mass is 414 g/mol. The number of amides is 1. The zero-order chi connectivity index (χ0) is 19.7. The lowest BCUT2D eigenvalue weighted by Gasteiger charge is -2.12. The van der Waals surface area contributed by atoms with Gasteiger partial charge in [0.2, 0.25) is 0 Å². The lowest BCUT2D eigenvalue weighted by atomic mass is 10.1. The average Bonchev–Trinajstić information content (AvgIpc) is 3.31. The second-order valence-corrected chi connectivity index (χ2v) is 7.44. The molecule has 4 aromatic rings. The van der Waals surface area contributed by atoms with Gasteiger partial charge in [0.1, 0.15) is 0 Å². The molecule has 0 aliphatic rings. The fraction of sp³-hybridized carbons (Fsp3) is 0.167. The van der Waals surface area contributed by atoms with Gasteiger partial charge >= 0.3 is 0 Å². The number of anilines is 1. The highest BCUT2D eigenvalue weighted by Gasteiger charge is 2.22. The summed E-state index contributed by atoms with van der Waals surface area (Å²) in [5, 5.41) is 16.5.